The third-order valence-electron chi connectivity index (χ3n) is 2.90. The molecule has 0 amide bonds. The fourth-order valence-electron chi connectivity index (χ4n) is 2.01. The van der Waals surface area contributed by atoms with Gasteiger partial charge in [0.2, 0.25) is 0 Å². The smallest absolute Gasteiger partial charge is 0.308 e. The minimum atomic E-state index is -2.36. The molecule has 0 aromatic carbocycles. The van der Waals surface area contributed by atoms with Crippen LogP contribution in [0.2, 0.25) is 0 Å². The highest BCUT2D eigenvalue weighted by Gasteiger charge is 2.25. The van der Waals surface area contributed by atoms with Gasteiger partial charge in [-0.1, -0.05) is 26.2 Å². The molecule has 0 unspecified atom stereocenters. The number of nitrogens with zero attached hydrogens (tertiary/aromatic N) is 1. The van der Waals surface area contributed by atoms with Crippen molar-refractivity contribution in [3.8, 4) is 0 Å². The van der Waals surface area contributed by atoms with Gasteiger partial charge in [-0.2, -0.15) is 0 Å². The first-order valence-electron chi connectivity index (χ1n) is 8.81. The van der Waals surface area contributed by atoms with Crippen LogP contribution >= 0.6 is 0 Å². The number of esters is 1. The number of aliphatic hydroxyl groups is 1. The maximum atomic E-state index is 11.9. The minimum absolute atomic E-state index is 0.152. The number of unbranched alkanes of at least 4 members (excludes halogenated alkanes) is 2. The third kappa shape index (κ3) is 12.3. The molecule has 0 aliphatic rings. The zero-order valence-corrected chi connectivity index (χ0v) is 13.2. The number of quaternary nitrogens is 1. The van der Waals surface area contributed by atoms with Crippen LogP contribution in [0.5, 0.6) is 0 Å². The van der Waals surface area contributed by atoms with E-state index in [0.717, 1.165) is 19.3 Å². The summed E-state index contributed by atoms with van der Waals surface area (Å²) in [6, 6.07) is 0. The molecule has 6 heteroatoms. The second-order valence-corrected chi connectivity index (χ2v) is 5.93. The summed E-state index contributed by atoms with van der Waals surface area (Å²) >= 11 is 0. The number of ether oxygens (including phenoxy) is 1. The molecular formula is C15H30NO5+. The van der Waals surface area contributed by atoms with Crippen molar-refractivity contribution in [2.24, 2.45) is 0 Å². The summed E-state index contributed by atoms with van der Waals surface area (Å²) in [5.74, 6) is -1.89. The van der Waals surface area contributed by atoms with Crippen LogP contribution in [0.3, 0.4) is 0 Å². The molecule has 0 heterocycles. The average molecular weight is 307 g/mol. The van der Waals surface area contributed by atoms with E-state index in [9.17, 15) is 14.7 Å². The first-order valence-corrected chi connectivity index (χ1v) is 7.31. The molecule has 21 heavy (non-hydrogen) atoms. The molecule has 0 spiro atoms. The van der Waals surface area contributed by atoms with Gasteiger partial charge >= 0.3 is 11.9 Å². The fraction of sp³-hybridized carbons (Fsp3) is 0.867. The fourth-order valence-corrected chi connectivity index (χ4v) is 2.01. The Morgan fingerprint density at radius 1 is 1.29 bits per heavy atom. The molecule has 0 bridgehead atoms. The standard InChI is InChI=1S/C15H29NO5/c1-5-6-7-8-12(17)9-15(20)21-13(10-14(18)19)11-16(2,3)4/h12-13,17H,5-11H2,1-4H3/p+1/t12-,13-/m1/s1/i2D3. The summed E-state index contributed by atoms with van der Waals surface area (Å²) < 4.78 is 27.1. The van der Waals surface area contributed by atoms with Crippen LogP contribution in [0.15, 0.2) is 0 Å². The predicted molar refractivity (Wildman–Crippen MR) is 79.8 cm³/mol. The molecule has 0 saturated heterocycles. The van der Waals surface area contributed by atoms with Crippen molar-refractivity contribution in [3.63, 3.8) is 0 Å². The van der Waals surface area contributed by atoms with Gasteiger partial charge in [-0.15, -0.1) is 0 Å². The van der Waals surface area contributed by atoms with Gasteiger partial charge in [-0.3, -0.25) is 9.59 Å². The minimum Gasteiger partial charge on any atom is -0.481 e. The molecular weight excluding hydrogens is 274 g/mol. The van der Waals surface area contributed by atoms with Crippen LogP contribution < -0.4 is 0 Å². The normalized spacial score (nSPS) is 17.2. The maximum absolute atomic E-state index is 11.9. The second kappa shape index (κ2) is 9.73. The Kier molecular flexibility index (Phi) is 6.85. The molecule has 0 radical (unpaired) electrons. The number of aliphatic carboxylic acids is 1. The van der Waals surface area contributed by atoms with Crippen molar-refractivity contribution < 1.29 is 33.1 Å². The summed E-state index contributed by atoms with van der Waals surface area (Å²) in [6.07, 6.45) is 0.637. The van der Waals surface area contributed by atoms with E-state index in [4.69, 9.17) is 14.0 Å². The first-order chi connectivity index (χ1) is 10.9. The van der Waals surface area contributed by atoms with E-state index in [1.165, 1.54) is 14.1 Å². The number of carbonyl (C=O) groups is 2. The van der Waals surface area contributed by atoms with Crippen molar-refractivity contribution in [1.29, 1.82) is 0 Å². The van der Waals surface area contributed by atoms with Gasteiger partial charge in [0.1, 0.15) is 6.54 Å². The number of likely N-dealkylation sites (N-methyl/N-ethyl adjacent to an activating group) is 1. The van der Waals surface area contributed by atoms with Crippen molar-refractivity contribution in [2.45, 2.75) is 57.7 Å². The number of rotatable bonds is 11. The molecule has 2 N–H and O–H groups in total. The lowest BCUT2D eigenvalue weighted by Gasteiger charge is -2.28. The Morgan fingerprint density at radius 2 is 1.95 bits per heavy atom. The topological polar surface area (TPSA) is 83.8 Å². The van der Waals surface area contributed by atoms with Gasteiger partial charge in [0.25, 0.3) is 0 Å². The Labute approximate surface area is 131 Å². The highest BCUT2D eigenvalue weighted by atomic mass is 16.5. The maximum Gasteiger partial charge on any atom is 0.308 e. The molecule has 0 aliphatic carbocycles. The summed E-state index contributed by atoms with van der Waals surface area (Å²) in [5.41, 5.74) is 0. The number of hydrogen-bond acceptors (Lipinski definition) is 4. The zero-order chi connectivity index (χ0) is 19.0. The van der Waals surface area contributed by atoms with Gasteiger partial charge < -0.3 is 19.4 Å². The van der Waals surface area contributed by atoms with Crippen molar-refractivity contribution in [2.75, 3.05) is 27.6 Å². The summed E-state index contributed by atoms with van der Waals surface area (Å²) in [7, 11) is 2.85. The molecule has 0 saturated carbocycles. The van der Waals surface area contributed by atoms with Crippen LogP contribution in [0.4, 0.5) is 0 Å². The number of carboxylic acids is 1. The molecule has 0 rings (SSSR count). The molecule has 0 aromatic heterocycles. The van der Waals surface area contributed by atoms with Crippen LogP contribution in [-0.2, 0) is 14.3 Å². The monoisotopic (exact) mass is 307 g/mol. The van der Waals surface area contributed by atoms with E-state index in [0.29, 0.717) is 6.42 Å². The molecule has 0 aromatic rings. The van der Waals surface area contributed by atoms with Crippen LogP contribution in [0.1, 0.15) is 49.6 Å². The van der Waals surface area contributed by atoms with E-state index >= 15 is 0 Å². The highest BCUT2D eigenvalue weighted by Crippen LogP contribution is 2.10. The van der Waals surface area contributed by atoms with Gasteiger partial charge in [-0.05, 0) is 6.42 Å². The molecule has 0 aliphatic heterocycles. The molecule has 124 valence electrons. The Morgan fingerprint density at radius 3 is 2.48 bits per heavy atom. The second-order valence-electron chi connectivity index (χ2n) is 5.93. The van der Waals surface area contributed by atoms with E-state index in [2.05, 4.69) is 0 Å². The average Bonchev–Trinajstić information content (AvgIpc) is 2.35. The van der Waals surface area contributed by atoms with E-state index in [1.807, 2.05) is 6.92 Å². The first kappa shape index (κ1) is 14.8. The largest absolute Gasteiger partial charge is 0.481 e. The van der Waals surface area contributed by atoms with Crippen molar-refractivity contribution in [1.82, 2.24) is 0 Å². The van der Waals surface area contributed by atoms with E-state index < -0.39 is 42.0 Å². The van der Waals surface area contributed by atoms with Crippen LogP contribution in [0.25, 0.3) is 0 Å². The van der Waals surface area contributed by atoms with Crippen molar-refractivity contribution >= 4 is 11.9 Å². The molecule has 2 atom stereocenters. The third-order valence-corrected chi connectivity index (χ3v) is 2.90. The lowest BCUT2D eigenvalue weighted by molar-refractivity contribution is -0.873. The van der Waals surface area contributed by atoms with Gasteiger partial charge in [0, 0.05) is 0 Å². The van der Waals surface area contributed by atoms with Crippen LogP contribution in [-0.4, -0.2) is 66.5 Å². The molecule has 0 fully saturated rings. The van der Waals surface area contributed by atoms with E-state index in [1.54, 1.807) is 0 Å². The Balaban J connectivity index is 4.67. The summed E-state index contributed by atoms with van der Waals surface area (Å²) in [6.45, 7) is -0.481. The zero-order valence-electron chi connectivity index (χ0n) is 16.2. The molecule has 6 nitrogen and oxygen atoms in total. The van der Waals surface area contributed by atoms with Crippen molar-refractivity contribution in [3.05, 3.63) is 0 Å². The summed E-state index contributed by atoms with van der Waals surface area (Å²) in [5, 5.41) is 18.7. The predicted octanol–water partition coefficient (Wildman–Crippen LogP) is 1.41. The number of carbonyl (C=O) groups excluding carboxylic acids is 1. The summed E-state index contributed by atoms with van der Waals surface area (Å²) in [4.78, 5) is 22.8. The number of aliphatic hydroxyl groups excluding tert-OH is 1. The lowest BCUT2D eigenvalue weighted by Crippen LogP contribution is -2.44. The number of carboxylic acid groups (broad SMARTS) is 1. The van der Waals surface area contributed by atoms with Gasteiger partial charge in [-0.25, -0.2) is 0 Å². The van der Waals surface area contributed by atoms with Crippen LogP contribution in [0, 0.1) is 0 Å². The van der Waals surface area contributed by atoms with Gasteiger partial charge in [0.15, 0.2) is 6.10 Å². The number of hydrogen-bond donors (Lipinski definition) is 2. The lowest BCUT2D eigenvalue weighted by atomic mass is 10.1. The van der Waals surface area contributed by atoms with E-state index in [-0.39, 0.29) is 13.0 Å². The van der Waals surface area contributed by atoms with Gasteiger partial charge in [0.05, 0.1) is 44.1 Å². The highest BCUT2D eigenvalue weighted by molar-refractivity contribution is 5.71. The quantitative estimate of drug-likeness (QED) is 0.342. The Hall–Kier alpha value is -1.14. The SMILES string of the molecule is [2H]C([2H])([2H])[N+](C)(C)C[C@@H](CC(=O)O)OC(=O)C[C@H](O)CCCCC. The Bertz CT molecular complexity index is 412.